The molecule has 1 aromatic rings. The zero-order valence-electron chi connectivity index (χ0n) is 8.88. The summed E-state index contributed by atoms with van der Waals surface area (Å²) in [5.41, 5.74) is 5.51. The first-order chi connectivity index (χ1) is 7.99. The molecule has 2 rings (SSSR count). The molecular weight excluding hydrogens is 246 g/mol. The van der Waals surface area contributed by atoms with Crippen molar-refractivity contribution in [3.63, 3.8) is 0 Å². The molecule has 1 saturated heterocycles. The predicted molar refractivity (Wildman–Crippen MR) is 61.6 cm³/mol. The van der Waals surface area contributed by atoms with Gasteiger partial charge >= 0.3 is 0 Å². The summed E-state index contributed by atoms with van der Waals surface area (Å²) in [7, 11) is 0. The minimum atomic E-state index is -0.932. The first kappa shape index (κ1) is 12.1. The SMILES string of the molecule is Nc1ccc(Cl)c(C(=O)N2CC(O)C(O)C2)n1. The van der Waals surface area contributed by atoms with E-state index >= 15 is 0 Å². The number of nitrogen functional groups attached to an aromatic ring is 1. The van der Waals surface area contributed by atoms with Gasteiger partial charge in [0.15, 0.2) is 0 Å². The van der Waals surface area contributed by atoms with Gasteiger partial charge in [-0.2, -0.15) is 0 Å². The molecule has 7 heteroatoms. The Morgan fingerprint density at radius 2 is 2.00 bits per heavy atom. The van der Waals surface area contributed by atoms with Crippen molar-refractivity contribution in [3.8, 4) is 0 Å². The number of nitrogens with two attached hydrogens (primary N) is 1. The van der Waals surface area contributed by atoms with Gasteiger partial charge in [-0.1, -0.05) is 11.6 Å². The lowest BCUT2D eigenvalue weighted by molar-refractivity contribution is 0.0572. The summed E-state index contributed by atoms with van der Waals surface area (Å²) >= 11 is 5.85. The zero-order chi connectivity index (χ0) is 12.6. The number of aromatic nitrogens is 1. The molecule has 1 aromatic heterocycles. The number of likely N-dealkylation sites (tertiary alicyclic amines) is 1. The van der Waals surface area contributed by atoms with Crippen LogP contribution in [0.15, 0.2) is 12.1 Å². The van der Waals surface area contributed by atoms with E-state index in [9.17, 15) is 15.0 Å². The number of halogens is 1. The van der Waals surface area contributed by atoms with Gasteiger partial charge in [0.1, 0.15) is 11.5 Å². The Morgan fingerprint density at radius 3 is 2.59 bits per heavy atom. The molecule has 2 heterocycles. The van der Waals surface area contributed by atoms with Crippen molar-refractivity contribution in [2.45, 2.75) is 12.2 Å². The van der Waals surface area contributed by atoms with Crippen LogP contribution < -0.4 is 5.73 Å². The Balaban J connectivity index is 2.23. The number of anilines is 1. The average Bonchev–Trinajstić information content (AvgIpc) is 2.62. The highest BCUT2D eigenvalue weighted by Gasteiger charge is 2.34. The van der Waals surface area contributed by atoms with Crippen molar-refractivity contribution in [2.24, 2.45) is 0 Å². The van der Waals surface area contributed by atoms with E-state index in [0.717, 1.165) is 0 Å². The van der Waals surface area contributed by atoms with E-state index in [1.807, 2.05) is 0 Å². The largest absolute Gasteiger partial charge is 0.388 e. The molecule has 0 saturated carbocycles. The second kappa shape index (κ2) is 4.48. The van der Waals surface area contributed by atoms with Gasteiger partial charge in [0.25, 0.3) is 5.91 Å². The summed E-state index contributed by atoms with van der Waals surface area (Å²) in [5.74, 6) is -0.254. The number of hydrogen-bond donors (Lipinski definition) is 3. The van der Waals surface area contributed by atoms with E-state index in [1.54, 1.807) is 0 Å². The third-order valence-corrected chi connectivity index (χ3v) is 2.92. The first-order valence-electron chi connectivity index (χ1n) is 5.06. The van der Waals surface area contributed by atoms with E-state index in [0.29, 0.717) is 0 Å². The number of aliphatic hydroxyl groups is 2. The second-order valence-electron chi connectivity index (χ2n) is 3.91. The number of nitrogens with zero attached hydrogens (tertiary/aromatic N) is 2. The third-order valence-electron chi connectivity index (χ3n) is 2.62. The molecule has 0 bridgehead atoms. The van der Waals surface area contributed by atoms with Gasteiger partial charge in [-0.3, -0.25) is 4.79 Å². The Hall–Kier alpha value is -1.37. The molecule has 0 aliphatic carbocycles. The summed E-state index contributed by atoms with van der Waals surface area (Å²) in [4.78, 5) is 17.2. The van der Waals surface area contributed by atoms with E-state index < -0.39 is 18.1 Å². The molecule has 1 aliphatic heterocycles. The molecule has 0 radical (unpaired) electrons. The first-order valence-corrected chi connectivity index (χ1v) is 5.44. The number of pyridine rings is 1. The molecule has 6 nitrogen and oxygen atoms in total. The summed E-state index contributed by atoms with van der Waals surface area (Å²) in [6.45, 7) is 0.125. The van der Waals surface area contributed by atoms with Crippen molar-refractivity contribution in [2.75, 3.05) is 18.8 Å². The lowest BCUT2D eigenvalue weighted by Crippen LogP contribution is -2.30. The van der Waals surface area contributed by atoms with Gasteiger partial charge in [0, 0.05) is 13.1 Å². The Bertz CT molecular complexity index is 444. The van der Waals surface area contributed by atoms with Crippen LogP contribution in [0, 0.1) is 0 Å². The minimum Gasteiger partial charge on any atom is -0.388 e. The van der Waals surface area contributed by atoms with Crippen molar-refractivity contribution in [1.29, 1.82) is 0 Å². The van der Waals surface area contributed by atoms with Gasteiger partial charge in [-0.25, -0.2) is 4.98 Å². The van der Waals surface area contributed by atoms with E-state index in [1.165, 1.54) is 17.0 Å². The summed E-state index contributed by atoms with van der Waals surface area (Å²) in [5, 5.41) is 18.9. The number of β-amino-alcohol motifs (C(OH)–C–C–N with tert-alkyl or cyclic N) is 2. The highest BCUT2D eigenvalue weighted by Crippen LogP contribution is 2.20. The summed E-state index contributed by atoms with van der Waals surface area (Å²) in [6.07, 6.45) is -1.86. The van der Waals surface area contributed by atoms with Gasteiger partial charge in [0.05, 0.1) is 17.2 Å². The lowest BCUT2D eigenvalue weighted by atomic mass is 10.3. The van der Waals surface area contributed by atoms with Crippen LogP contribution in [0.2, 0.25) is 5.02 Å². The summed E-state index contributed by atoms with van der Waals surface area (Å²) < 4.78 is 0. The summed E-state index contributed by atoms with van der Waals surface area (Å²) in [6, 6.07) is 2.98. The maximum absolute atomic E-state index is 12.0. The van der Waals surface area contributed by atoms with Crippen molar-refractivity contribution in [3.05, 3.63) is 22.8 Å². The number of carbonyl (C=O) groups excluding carboxylic acids is 1. The molecule has 1 amide bonds. The fraction of sp³-hybridized carbons (Fsp3) is 0.400. The molecule has 0 aromatic carbocycles. The maximum atomic E-state index is 12.0. The predicted octanol–water partition coefficient (Wildman–Crippen LogP) is -0.505. The van der Waals surface area contributed by atoms with Crippen LogP contribution in [-0.2, 0) is 0 Å². The molecule has 4 N–H and O–H groups in total. The quantitative estimate of drug-likeness (QED) is 0.630. The van der Waals surface area contributed by atoms with E-state index in [2.05, 4.69) is 4.98 Å². The number of hydrogen-bond acceptors (Lipinski definition) is 5. The van der Waals surface area contributed by atoms with E-state index in [-0.39, 0.29) is 29.6 Å². The normalized spacial score (nSPS) is 24.1. The number of carbonyl (C=O) groups is 1. The van der Waals surface area contributed by atoms with Crippen LogP contribution in [0.25, 0.3) is 0 Å². The molecule has 1 aliphatic rings. The van der Waals surface area contributed by atoms with Crippen LogP contribution >= 0.6 is 11.6 Å². The molecule has 2 unspecified atom stereocenters. The molecule has 17 heavy (non-hydrogen) atoms. The zero-order valence-corrected chi connectivity index (χ0v) is 9.63. The van der Waals surface area contributed by atoms with Gasteiger partial charge in [-0.15, -0.1) is 0 Å². The van der Waals surface area contributed by atoms with Crippen LogP contribution in [0.3, 0.4) is 0 Å². The molecule has 1 fully saturated rings. The van der Waals surface area contributed by atoms with Crippen LogP contribution in [-0.4, -0.2) is 51.3 Å². The fourth-order valence-corrected chi connectivity index (χ4v) is 1.88. The van der Waals surface area contributed by atoms with Crippen LogP contribution in [0.4, 0.5) is 5.82 Å². The Kier molecular flexibility index (Phi) is 3.19. The maximum Gasteiger partial charge on any atom is 0.274 e. The van der Waals surface area contributed by atoms with Crippen molar-refractivity contribution < 1.29 is 15.0 Å². The highest BCUT2D eigenvalue weighted by atomic mass is 35.5. The standard InChI is InChI=1S/C10H12ClN3O3/c11-5-1-2-8(12)13-9(5)10(17)14-3-6(15)7(16)4-14/h1-2,6-7,15-16H,3-4H2,(H2,12,13). The van der Waals surface area contributed by atoms with Gasteiger partial charge in [-0.05, 0) is 12.1 Å². The molecule has 0 spiro atoms. The second-order valence-corrected chi connectivity index (χ2v) is 4.32. The van der Waals surface area contributed by atoms with Gasteiger partial charge in [0.2, 0.25) is 0 Å². The van der Waals surface area contributed by atoms with Gasteiger partial charge < -0.3 is 20.8 Å². The Morgan fingerprint density at radius 1 is 1.41 bits per heavy atom. The topological polar surface area (TPSA) is 99.7 Å². The van der Waals surface area contributed by atoms with Crippen LogP contribution in [0.5, 0.6) is 0 Å². The molecule has 92 valence electrons. The van der Waals surface area contributed by atoms with Crippen LogP contribution in [0.1, 0.15) is 10.5 Å². The smallest absolute Gasteiger partial charge is 0.274 e. The third kappa shape index (κ3) is 2.33. The van der Waals surface area contributed by atoms with E-state index in [4.69, 9.17) is 17.3 Å². The monoisotopic (exact) mass is 257 g/mol. The van der Waals surface area contributed by atoms with Crippen molar-refractivity contribution >= 4 is 23.3 Å². The lowest BCUT2D eigenvalue weighted by Gasteiger charge is -2.15. The number of aliphatic hydroxyl groups excluding tert-OH is 2. The number of rotatable bonds is 1. The highest BCUT2D eigenvalue weighted by molar-refractivity contribution is 6.33. The number of amides is 1. The minimum absolute atomic E-state index is 0.0352. The van der Waals surface area contributed by atoms with Crippen molar-refractivity contribution in [1.82, 2.24) is 9.88 Å². The average molecular weight is 258 g/mol. The molecule has 2 atom stereocenters. The molecular formula is C10H12ClN3O3. The Labute approximate surface area is 103 Å². The fourth-order valence-electron chi connectivity index (χ4n) is 1.69.